The van der Waals surface area contributed by atoms with Crippen molar-refractivity contribution < 1.29 is 9.53 Å². The van der Waals surface area contributed by atoms with Crippen molar-refractivity contribution in [1.29, 1.82) is 0 Å². The Morgan fingerprint density at radius 2 is 1.85 bits per heavy atom. The maximum absolute atomic E-state index is 11.2. The van der Waals surface area contributed by atoms with Gasteiger partial charge in [0.1, 0.15) is 0 Å². The number of carbonyl (C=O) groups is 1. The summed E-state index contributed by atoms with van der Waals surface area (Å²) in [7, 11) is 0.301. The Labute approximate surface area is 123 Å². The van der Waals surface area contributed by atoms with Crippen LogP contribution < -0.4 is 0 Å². The second-order valence-corrected chi connectivity index (χ2v) is 11.9. The van der Waals surface area contributed by atoms with E-state index in [1.54, 1.807) is 0 Å². The largest absolute Gasteiger partial charge is 0.469 e. The number of carbonyl (C=O) groups excluding carboxylic acids is 1. The standard InChI is InChI=1S/C16H27NO2Si/c1-19-16(18)11-8-12-17(14-20(2,3)4)13-15-9-6-5-7-10-15/h5-7,9-10H,8,11-14H2,1-4H3. The highest BCUT2D eigenvalue weighted by Gasteiger charge is 2.18. The van der Waals surface area contributed by atoms with Gasteiger partial charge in [0, 0.05) is 13.0 Å². The Kier molecular flexibility index (Phi) is 6.95. The molecule has 0 spiro atoms. The first kappa shape index (κ1) is 16.9. The molecule has 0 radical (unpaired) electrons. The van der Waals surface area contributed by atoms with E-state index in [2.05, 4.69) is 48.8 Å². The van der Waals surface area contributed by atoms with Gasteiger partial charge in [-0.25, -0.2) is 0 Å². The molecule has 0 fully saturated rings. The monoisotopic (exact) mass is 293 g/mol. The predicted octanol–water partition coefficient (Wildman–Crippen LogP) is 3.32. The Morgan fingerprint density at radius 3 is 2.40 bits per heavy atom. The summed E-state index contributed by atoms with van der Waals surface area (Å²) in [5.74, 6) is -0.113. The first-order chi connectivity index (χ1) is 9.40. The van der Waals surface area contributed by atoms with Crippen LogP contribution in [0.1, 0.15) is 18.4 Å². The van der Waals surface area contributed by atoms with Gasteiger partial charge in [-0.05, 0) is 24.7 Å². The van der Waals surface area contributed by atoms with Gasteiger partial charge in [-0.1, -0.05) is 50.0 Å². The number of nitrogens with zero attached hydrogens (tertiary/aromatic N) is 1. The Balaban J connectivity index is 2.54. The first-order valence-corrected chi connectivity index (χ1v) is 10.9. The van der Waals surface area contributed by atoms with E-state index in [1.807, 2.05) is 6.07 Å². The van der Waals surface area contributed by atoms with E-state index in [0.717, 1.165) is 25.7 Å². The molecule has 0 atom stereocenters. The molecule has 0 aliphatic carbocycles. The highest BCUT2D eigenvalue weighted by molar-refractivity contribution is 6.76. The van der Waals surface area contributed by atoms with Gasteiger partial charge in [0.15, 0.2) is 0 Å². The summed E-state index contributed by atoms with van der Waals surface area (Å²) < 4.78 is 4.70. The summed E-state index contributed by atoms with van der Waals surface area (Å²) in [5.41, 5.74) is 1.34. The van der Waals surface area contributed by atoms with Crippen molar-refractivity contribution in [3.05, 3.63) is 35.9 Å². The number of esters is 1. The molecular weight excluding hydrogens is 266 g/mol. The molecule has 20 heavy (non-hydrogen) atoms. The highest BCUT2D eigenvalue weighted by Crippen LogP contribution is 2.11. The van der Waals surface area contributed by atoms with Crippen LogP contribution in [0.5, 0.6) is 0 Å². The van der Waals surface area contributed by atoms with E-state index in [9.17, 15) is 4.79 Å². The molecule has 0 saturated heterocycles. The topological polar surface area (TPSA) is 29.5 Å². The summed E-state index contributed by atoms with van der Waals surface area (Å²) in [6.45, 7) is 9.06. The van der Waals surface area contributed by atoms with Gasteiger partial charge in [-0.2, -0.15) is 0 Å². The average molecular weight is 293 g/mol. The highest BCUT2D eigenvalue weighted by atomic mass is 28.3. The molecule has 0 unspecified atom stereocenters. The Hall–Kier alpha value is -1.13. The second-order valence-electron chi connectivity index (χ2n) is 6.44. The molecule has 1 aromatic rings. The summed E-state index contributed by atoms with van der Waals surface area (Å²) in [5, 5.41) is 0. The number of rotatable bonds is 8. The molecule has 4 heteroatoms. The van der Waals surface area contributed by atoms with Crippen LogP contribution in [0.4, 0.5) is 0 Å². The summed E-state index contributed by atoms with van der Waals surface area (Å²) in [6, 6.07) is 10.5. The third-order valence-electron chi connectivity index (χ3n) is 3.03. The van der Waals surface area contributed by atoms with Gasteiger partial charge in [-0.3, -0.25) is 4.79 Å². The van der Waals surface area contributed by atoms with Crippen LogP contribution in [0.3, 0.4) is 0 Å². The van der Waals surface area contributed by atoms with Crippen LogP contribution in [0.15, 0.2) is 30.3 Å². The quantitative estimate of drug-likeness (QED) is 0.544. The van der Waals surface area contributed by atoms with Crippen LogP contribution in [0.2, 0.25) is 19.6 Å². The van der Waals surface area contributed by atoms with Crippen molar-refractivity contribution in [2.24, 2.45) is 0 Å². The van der Waals surface area contributed by atoms with E-state index in [0.29, 0.717) is 6.42 Å². The first-order valence-electron chi connectivity index (χ1n) is 7.24. The number of hydrogen-bond acceptors (Lipinski definition) is 3. The van der Waals surface area contributed by atoms with Crippen molar-refractivity contribution in [3.63, 3.8) is 0 Å². The van der Waals surface area contributed by atoms with E-state index in [1.165, 1.54) is 12.7 Å². The molecule has 0 N–H and O–H groups in total. The van der Waals surface area contributed by atoms with E-state index >= 15 is 0 Å². The molecule has 0 bridgehead atoms. The smallest absolute Gasteiger partial charge is 0.305 e. The van der Waals surface area contributed by atoms with Crippen molar-refractivity contribution >= 4 is 14.0 Å². The van der Waals surface area contributed by atoms with Crippen LogP contribution in [-0.4, -0.2) is 38.8 Å². The SMILES string of the molecule is COC(=O)CCCN(Cc1ccccc1)C[Si](C)(C)C. The minimum absolute atomic E-state index is 0.113. The van der Waals surface area contributed by atoms with Crippen LogP contribution >= 0.6 is 0 Å². The number of hydrogen-bond donors (Lipinski definition) is 0. The molecule has 1 aromatic carbocycles. The molecule has 112 valence electrons. The van der Waals surface area contributed by atoms with Crippen molar-refractivity contribution in [1.82, 2.24) is 4.90 Å². The van der Waals surface area contributed by atoms with Gasteiger partial charge in [0.25, 0.3) is 0 Å². The van der Waals surface area contributed by atoms with Crippen LogP contribution in [0, 0.1) is 0 Å². The summed E-state index contributed by atoms with van der Waals surface area (Å²) in [6.07, 6.45) is 2.53. The summed E-state index contributed by atoms with van der Waals surface area (Å²) >= 11 is 0. The molecule has 3 nitrogen and oxygen atoms in total. The lowest BCUT2D eigenvalue weighted by molar-refractivity contribution is -0.140. The predicted molar refractivity (Wildman–Crippen MR) is 86.3 cm³/mol. The normalized spacial score (nSPS) is 11.7. The number of methoxy groups -OCH3 is 1. The number of benzene rings is 1. The number of ether oxygens (including phenoxy) is 1. The lowest BCUT2D eigenvalue weighted by atomic mass is 10.2. The Bertz CT molecular complexity index is 401. The lowest BCUT2D eigenvalue weighted by Gasteiger charge is -2.28. The third-order valence-corrected chi connectivity index (χ3v) is 4.43. The molecule has 0 heterocycles. The molecule has 0 saturated carbocycles. The fraction of sp³-hybridized carbons (Fsp3) is 0.562. The zero-order chi connectivity index (χ0) is 15.0. The van der Waals surface area contributed by atoms with Gasteiger partial charge in [0.2, 0.25) is 0 Å². The van der Waals surface area contributed by atoms with Crippen molar-refractivity contribution in [2.45, 2.75) is 39.0 Å². The molecule has 0 aliphatic heterocycles. The van der Waals surface area contributed by atoms with Crippen molar-refractivity contribution in [2.75, 3.05) is 19.8 Å². The Morgan fingerprint density at radius 1 is 1.20 bits per heavy atom. The van der Waals surface area contributed by atoms with Gasteiger partial charge < -0.3 is 9.64 Å². The molecule has 1 rings (SSSR count). The minimum Gasteiger partial charge on any atom is -0.469 e. The molecule has 0 aliphatic rings. The molecule has 0 amide bonds. The second kappa shape index (κ2) is 8.22. The molecule has 0 aromatic heterocycles. The lowest BCUT2D eigenvalue weighted by Crippen LogP contribution is -2.40. The summed E-state index contributed by atoms with van der Waals surface area (Å²) in [4.78, 5) is 13.7. The fourth-order valence-corrected chi connectivity index (χ4v) is 3.89. The van der Waals surface area contributed by atoms with Crippen LogP contribution in [-0.2, 0) is 16.1 Å². The van der Waals surface area contributed by atoms with Gasteiger partial charge >= 0.3 is 5.97 Å². The maximum atomic E-state index is 11.2. The van der Waals surface area contributed by atoms with E-state index in [-0.39, 0.29) is 5.97 Å². The zero-order valence-corrected chi connectivity index (χ0v) is 14.2. The third kappa shape index (κ3) is 7.45. The van der Waals surface area contributed by atoms with E-state index < -0.39 is 8.07 Å². The van der Waals surface area contributed by atoms with Gasteiger partial charge in [0.05, 0.1) is 15.2 Å². The average Bonchev–Trinajstić information content (AvgIpc) is 2.37. The maximum Gasteiger partial charge on any atom is 0.305 e. The molecular formula is C16H27NO2Si. The fourth-order valence-electron chi connectivity index (χ4n) is 2.28. The van der Waals surface area contributed by atoms with Crippen LogP contribution in [0.25, 0.3) is 0 Å². The zero-order valence-electron chi connectivity index (χ0n) is 13.2. The van der Waals surface area contributed by atoms with Crippen molar-refractivity contribution in [3.8, 4) is 0 Å². The van der Waals surface area contributed by atoms with Gasteiger partial charge in [-0.15, -0.1) is 0 Å². The van der Waals surface area contributed by atoms with E-state index in [4.69, 9.17) is 4.74 Å². The minimum atomic E-state index is -1.15.